The third kappa shape index (κ3) is 3.88. The standard InChI is InChI=1S/C15H19N3O3/c1-3-17(7-6-15(20)21)10-12-8-14(19)18-9-11(2)4-5-13(18)16-12/h4-5,8-9H,3,6-7,10H2,1-2H3,(H,20,21). The molecule has 0 radical (unpaired) electrons. The SMILES string of the molecule is CCN(CCC(=O)O)Cc1cc(=O)n2cc(C)ccc2n1. The van der Waals surface area contributed by atoms with Crippen LogP contribution in [0, 0.1) is 6.92 Å². The van der Waals surface area contributed by atoms with Crippen LogP contribution in [0.5, 0.6) is 0 Å². The second-order valence-corrected chi connectivity index (χ2v) is 5.03. The van der Waals surface area contributed by atoms with Gasteiger partial charge in [0, 0.05) is 25.4 Å². The van der Waals surface area contributed by atoms with E-state index in [4.69, 9.17) is 5.11 Å². The molecular weight excluding hydrogens is 270 g/mol. The Bertz CT molecular complexity index is 709. The van der Waals surface area contributed by atoms with E-state index in [2.05, 4.69) is 4.98 Å². The number of hydrogen-bond donors (Lipinski definition) is 1. The monoisotopic (exact) mass is 289 g/mol. The van der Waals surface area contributed by atoms with E-state index < -0.39 is 5.97 Å². The zero-order valence-electron chi connectivity index (χ0n) is 12.2. The van der Waals surface area contributed by atoms with Crippen LogP contribution in [-0.2, 0) is 11.3 Å². The van der Waals surface area contributed by atoms with E-state index in [0.717, 1.165) is 5.56 Å². The highest BCUT2D eigenvalue weighted by atomic mass is 16.4. The van der Waals surface area contributed by atoms with Crippen LogP contribution in [0.1, 0.15) is 24.6 Å². The summed E-state index contributed by atoms with van der Waals surface area (Å²) in [5.74, 6) is -0.824. The Morgan fingerprint density at radius 2 is 2.19 bits per heavy atom. The van der Waals surface area contributed by atoms with Crippen LogP contribution in [0.4, 0.5) is 0 Å². The Hall–Kier alpha value is -2.21. The molecule has 6 heteroatoms. The highest BCUT2D eigenvalue weighted by molar-refractivity contribution is 5.66. The number of carbonyl (C=O) groups is 1. The van der Waals surface area contributed by atoms with E-state index in [1.165, 1.54) is 10.5 Å². The number of carboxylic acids is 1. The molecule has 0 saturated heterocycles. The summed E-state index contributed by atoms with van der Waals surface area (Å²) in [6, 6.07) is 5.23. The fourth-order valence-electron chi connectivity index (χ4n) is 2.17. The van der Waals surface area contributed by atoms with Crippen LogP contribution in [-0.4, -0.2) is 38.4 Å². The van der Waals surface area contributed by atoms with Crippen LogP contribution in [0.15, 0.2) is 29.2 Å². The lowest BCUT2D eigenvalue weighted by molar-refractivity contribution is -0.137. The van der Waals surface area contributed by atoms with Gasteiger partial charge in [-0.1, -0.05) is 13.0 Å². The number of carboxylic acid groups (broad SMARTS) is 1. The van der Waals surface area contributed by atoms with Gasteiger partial charge < -0.3 is 5.11 Å². The van der Waals surface area contributed by atoms with Gasteiger partial charge in [-0.3, -0.25) is 18.9 Å². The van der Waals surface area contributed by atoms with Crippen LogP contribution < -0.4 is 5.56 Å². The zero-order chi connectivity index (χ0) is 15.4. The third-order valence-corrected chi connectivity index (χ3v) is 3.34. The highest BCUT2D eigenvalue weighted by Gasteiger charge is 2.09. The van der Waals surface area contributed by atoms with E-state index in [1.807, 2.05) is 30.9 Å². The number of aliphatic carboxylic acids is 1. The predicted molar refractivity (Wildman–Crippen MR) is 79.4 cm³/mol. The van der Waals surface area contributed by atoms with Crippen molar-refractivity contribution in [1.82, 2.24) is 14.3 Å². The summed E-state index contributed by atoms with van der Waals surface area (Å²) in [6.45, 7) is 5.51. The molecule has 2 rings (SSSR count). The molecule has 0 spiro atoms. The zero-order valence-corrected chi connectivity index (χ0v) is 12.2. The first-order chi connectivity index (χ1) is 9.99. The minimum atomic E-state index is -0.824. The van der Waals surface area contributed by atoms with E-state index in [1.54, 1.807) is 6.20 Å². The van der Waals surface area contributed by atoms with Crippen molar-refractivity contribution >= 4 is 11.6 Å². The van der Waals surface area contributed by atoms with Crippen molar-refractivity contribution in [2.75, 3.05) is 13.1 Å². The first kappa shape index (κ1) is 15.2. The van der Waals surface area contributed by atoms with Crippen molar-refractivity contribution in [1.29, 1.82) is 0 Å². The third-order valence-electron chi connectivity index (χ3n) is 3.34. The molecule has 0 unspecified atom stereocenters. The van der Waals surface area contributed by atoms with Gasteiger partial charge in [-0.2, -0.15) is 0 Å². The van der Waals surface area contributed by atoms with Gasteiger partial charge in [0.15, 0.2) is 0 Å². The van der Waals surface area contributed by atoms with Gasteiger partial charge in [0.25, 0.3) is 5.56 Å². The van der Waals surface area contributed by atoms with Crippen molar-refractivity contribution in [3.63, 3.8) is 0 Å². The van der Waals surface area contributed by atoms with Crippen LogP contribution >= 0.6 is 0 Å². The molecule has 0 atom stereocenters. The summed E-state index contributed by atoms with van der Waals surface area (Å²) in [7, 11) is 0. The molecule has 0 aliphatic heterocycles. The maximum absolute atomic E-state index is 12.1. The molecule has 0 aromatic carbocycles. The number of aromatic nitrogens is 2. The molecule has 0 saturated carbocycles. The smallest absolute Gasteiger partial charge is 0.304 e. The van der Waals surface area contributed by atoms with Crippen LogP contribution in [0.3, 0.4) is 0 Å². The first-order valence-electron chi connectivity index (χ1n) is 6.92. The Morgan fingerprint density at radius 1 is 1.43 bits per heavy atom. The minimum Gasteiger partial charge on any atom is -0.481 e. The quantitative estimate of drug-likeness (QED) is 0.867. The normalized spacial score (nSPS) is 11.2. The van der Waals surface area contributed by atoms with Crippen molar-refractivity contribution < 1.29 is 9.90 Å². The Labute approximate surface area is 122 Å². The number of fused-ring (bicyclic) bond motifs is 1. The topological polar surface area (TPSA) is 74.9 Å². The van der Waals surface area contributed by atoms with Crippen LogP contribution in [0.25, 0.3) is 5.65 Å². The number of hydrogen-bond acceptors (Lipinski definition) is 4. The lowest BCUT2D eigenvalue weighted by atomic mass is 10.3. The molecule has 6 nitrogen and oxygen atoms in total. The minimum absolute atomic E-state index is 0.0829. The fourth-order valence-corrected chi connectivity index (χ4v) is 2.17. The molecule has 0 amide bonds. The van der Waals surface area contributed by atoms with Gasteiger partial charge in [-0.15, -0.1) is 0 Å². The summed E-state index contributed by atoms with van der Waals surface area (Å²) in [4.78, 5) is 29.2. The number of aryl methyl sites for hydroxylation is 1. The highest BCUT2D eigenvalue weighted by Crippen LogP contribution is 2.05. The summed E-state index contributed by atoms with van der Waals surface area (Å²) >= 11 is 0. The lowest BCUT2D eigenvalue weighted by Gasteiger charge is -2.18. The van der Waals surface area contributed by atoms with Crippen molar-refractivity contribution in [2.45, 2.75) is 26.8 Å². The molecule has 0 aliphatic rings. The molecule has 0 bridgehead atoms. The number of rotatable bonds is 6. The average molecular weight is 289 g/mol. The molecule has 0 fully saturated rings. The van der Waals surface area contributed by atoms with Gasteiger partial charge in [-0.05, 0) is 25.1 Å². The molecular formula is C15H19N3O3. The van der Waals surface area contributed by atoms with Crippen molar-refractivity contribution in [2.24, 2.45) is 0 Å². The maximum atomic E-state index is 12.1. The van der Waals surface area contributed by atoms with Crippen molar-refractivity contribution in [3.05, 3.63) is 46.0 Å². The molecule has 0 aliphatic carbocycles. The second-order valence-electron chi connectivity index (χ2n) is 5.03. The maximum Gasteiger partial charge on any atom is 0.304 e. The number of nitrogens with zero attached hydrogens (tertiary/aromatic N) is 3. The van der Waals surface area contributed by atoms with Gasteiger partial charge in [-0.25, -0.2) is 4.98 Å². The van der Waals surface area contributed by atoms with Gasteiger partial charge >= 0.3 is 5.97 Å². The predicted octanol–water partition coefficient (Wildman–Crippen LogP) is 1.30. The lowest BCUT2D eigenvalue weighted by Crippen LogP contribution is -2.27. The van der Waals surface area contributed by atoms with E-state index in [-0.39, 0.29) is 12.0 Å². The first-order valence-corrected chi connectivity index (χ1v) is 6.92. The average Bonchev–Trinajstić information content (AvgIpc) is 2.44. The summed E-state index contributed by atoms with van der Waals surface area (Å²) in [5.41, 5.74) is 2.15. The Morgan fingerprint density at radius 3 is 2.86 bits per heavy atom. The molecule has 2 aromatic rings. The summed E-state index contributed by atoms with van der Waals surface area (Å²) < 4.78 is 1.52. The fraction of sp³-hybridized carbons (Fsp3) is 0.400. The summed E-state index contributed by atoms with van der Waals surface area (Å²) in [6.07, 6.45) is 1.84. The molecule has 2 aromatic heterocycles. The van der Waals surface area contributed by atoms with E-state index in [9.17, 15) is 9.59 Å². The second kappa shape index (κ2) is 6.49. The number of pyridine rings is 1. The van der Waals surface area contributed by atoms with E-state index in [0.29, 0.717) is 31.0 Å². The van der Waals surface area contributed by atoms with Crippen molar-refractivity contribution in [3.8, 4) is 0 Å². The summed E-state index contributed by atoms with van der Waals surface area (Å²) in [5, 5.41) is 8.74. The Balaban J connectivity index is 2.24. The van der Waals surface area contributed by atoms with Gasteiger partial charge in [0.2, 0.25) is 0 Å². The van der Waals surface area contributed by atoms with E-state index >= 15 is 0 Å². The Kier molecular flexibility index (Phi) is 4.70. The van der Waals surface area contributed by atoms with Crippen LogP contribution in [0.2, 0.25) is 0 Å². The molecule has 2 heterocycles. The molecule has 112 valence electrons. The largest absolute Gasteiger partial charge is 0.481 e. The molecule has 1 N–H and O–H groups in total. The van der Waals surface area contributed by atoms with Gasteiger partial charge in [0.1, 0.15) is 5.65 Å². The molecule has 21 heavy (non-hydrogen) atoms. The van der Waals surface area contributed by atoms with Gasteiger partial charge in [0.05, 0.1) is 12.1 Å².